The SMILES string of the molecule is CC(C)CC(=O)N(C)CCOCCN(C)C(C)C. The summed E-state index contributed by atoms with van der Waals surface area (Å²) in [5.41, 5.74) is 0. The van der Waals surface area contributed by atoms with Crippen LogP contribution in [0.5, 0.6) is 0 Å². The predicted octanol–water partition coefficient (Wildman–Crippen LogP) is 1.85. The molecule has 0 aromatic carbocycles. The van der Waals surface area contributed by atoms with E-state index in [2.05, 4.69) is 39.6 Å². The maximum atomic E-state index is 11.7. The third kappa shape index (κ3) is 8.48. The van der Waals surface area contributed by atoms with Crippen LogP contribution in [-0.4, -0.2) is 62.1 Å². The Balaban J connectivity index is 3.57. The van der Waals surface area contributed by atoms with E-state index in [1.807, 2.05) is 7.05 Å². The highest BCUT2D eigenvalue weighted by molar-refractivity contribution is 5.75. The fourth-order valence-electron chi connectivity index (χ4n) is 1.40. The molecule has 0 atom stereocenters. The smallest absolute Gasteiger partial charge is 0.222 e. The number of rotatable bonds is 9. The number of nitrogens with zero attached hydrogens (tertiary/aromatic N) is 2. The Labute approximate surface area is 112 Å². The van der Waals surface area contributed by atoms with Crippen molar-refractivity contribution in [3.63, 3.8) is 0 Å². The zero-order chi connectivity index (χ0) is 14.1. The Morgan fingerprint density at radius 2 is 1.61 bits per heavy atom. The third-order valence-corrected chi connectivity index (χ3v) is 3.05. The lowest BCUT2D eigenvalue weighted by molar-refractivity contribution is -0.131. The first-order chi connectivity index (χ1) is 8.34. The molecule has 4 heteroatoms. The summed E-state index contributed by atoms with van der Waals surface area (Å²) >= 11 is 0. The van der Waals surface area contributed by atoms with Gasteiger partial charge in [0.15, 0.2) is 0 Å². The van der Waals surface area contributed by atoms with Gasteiger partial charge < -0.3 is 14.5 Å². The van der Waals surface area contributed by atoms with Gasteiger partial charge in [0.1, 0.15) is 0 Å². The van der Waals surface area contributed by atoms with Gasteiger partial charge >= 0.3 is 0 Å². The van der Waals surface area contributed by atoms with Gasteiger partial charge in [-0.15, -0.1) is 0 Å². The average molecular weight is 258 g/mol. The molecule has 0 saturated carbocycles. The van der Waals surface area contributed by atoms with E-state index in [0.717, 1.165) is 13.2 Å². The highest BCUT2D eigenvalue weighted by Crippen LogP contribution is 2.02. The number of carbonyl (C=O) groups is 1. The summed E-state index contributed by atoms with van der Waals surface area (Å²) < 4.78 is 5.54. The quantitative estimate of drug-likeness (QED) is 0.592. The Bertz CT molecular complexity index is 230. The summed E-state index contributed by atoms with van der Waals surface area (Å²) in [5, 5.41) is 0. The van der Waals surface area contributed by atoms with Crippen LogP contribution in [0.4, 0.5) is 0 Å². The summed E-state index contributed by atoms with van der Waals surface area (Å²) in [6, 6.07) is 0.545. The molecule has 0 aliphatic carbocycles. The molecule has 0 rings (SSSR count). The fraction of sp³-hybridized carbons (Fsp3) is 0.929. The fourth-order valence-corrected chi connectivity index (χ4v) is 1.40. The van der Waals surface area contributed by atoms with Gasteiger partial charge in [-0.1, -0.05) is 13.8 Å². The second kappa shape index (κ2) is 9.34. The van der Waals surface area contributed by atoms with Crippen LogP contribution in [0, 0.1) is 5.92 Å². The Kier molecular flexibility index (Phi) is 9.02. The molecule has 0 aliphatic heterocycles. The van der Waals surface area contributed by atoms with Crippen LogP contribution in [0.3, 0.4) is 0 Å². The van der Waals surface area contributed by atoms with E-state index in [9.17, 15) is 4.79 Å². The first kappa shape index (κ1) is 17.4. The minimum atomic E-state index is 0.202. The Morgan fingerprint density at radius 1 is 1.06 bits per heavy atom. The molecule has 0 fully saturated rings. The van der Waals surface area contributed by atoms with Gasteiger partial charge in [-0.2, -0.15) is 0 Å². The van der Waals surface area contributed by atoms with Crippen molar-refractivity contribution in [2.75, 3.05) is 40.4 Å². The normalized spacial score (nSPS) is 11.6. The van der Waals surface area contributed by atoms with Crippen LogP contribution < -0.4 is 0 Å². The van der Waals surface area contributed by atoms with E-state index >= 15 is 0 Å². The van der Waals surface area contributed by atoms with E-state index in [1.54, 1.807) is 4.90 Å². The molecule has 0 aromatic heterocycles. The first-order valence-electron chi connectivity index (χ1n) is 6.86. The topological polar surface area (TPSA) is 32.8 Å². The molecule has 0 aromatic rings. The molecule has 4 nitrogen and oxygen atoms in total. The van der Waals surface area contributed by atoms with E-state index in [1.165, 1.54) is 0 Å². The molecule has 0 spiro atoms. The maximum absolute atomic E-state index is 11.7. The molecule has 0 radical (unpaired) electrons. The van der Waals surface area contributed by atoms with Gasteiger partial charge in [0.05, 0.1) is 13.2 Å². The average Bonchev–Trinajstić information content (AvgIpc) is 2.26. The van der Waals surface area contributed by atoms with Crippen LogP contribution in [0.15, 0.2) is 0 Å². The Morgan fingerprint density at radius 3 is 2.11 bits per heavy atom. The summed E-state index contributed by atoms with van der Waals surface area (Å²) in [6.07, 6.45) is 0.618. The van der Waals surface area contributed by atoms with Gasteiger partial charge in [-0.05, 0) is 26.8 Å². The largest absolute Gasteiger partial charge is 0.378 e. The highest BCUT2D eigenvalue weighted by atomic mass is 16.5. The summed E-state index contributed by atoms with van der Waals surface area (Å²) in [7, 11) is 3.93. The van der Waals surface area contributed by atoms with Gasteiger partial charge in [-0.3, -0.25) is 4.79 Å². The molecular weight excluding hydrogens is 228 g/mol. The lowest BCUT2D eigenvalue weighted by atomic mass is 10.1. The van der Waals surface area contributed by atoms with Gasteiger partial charge in [0.2, 0.25) is 5.91 Å². The molecule has 1 amide bonds. The van der Waals surface area contributed by atoms with Crippen molar-refractivity contribution < 1.29 is 9.53 Å². The molecule has 0 aliphatic rings. The van der Waals surface area contributed by atoms with Crippen LogP contribution in [-0.2, 0) is 9.53 Å². The van der Waals surface area contributed by atoms with Crippen LogP contribution in [0.2, 0.25) is 0 Å². The molecule has 108 valence electrons. The Hall–Kier alpha value is -0.610. The van der Waals surface area contributed by atoms with Gasteiger partial charge in [0, 0.05) is 32.6 Å². The first-order valence-corrected chi connectivity index (χ1v) is 6.86. The van der Waals surface area contributed by atoms with Crippen LogP contribution >= 0.6 is 0 Å². The predicted molar refractivity (Wildman–Crippen MR) is 75.7 cm³/mol. The van der Waals surface area contributed by atoms with Crippen molar-refractivity contribution in [1.82, 2.24) is 9.80 Å². The summed E-state index contributed by atoms with van der Waals surface area (Å²) in [4.78, 5) is 15.7. The lowest BCUT2D eigenvalue weighted by Crippen LogP contribution is -2.33. The van der Waals surface area contributed by atoms with Crippen molar-refractivity contribution in [3.8, 4) is 0 Å². The van der Waals surface area contributed by atoms with Gasteiger partial charge in [-0.25, -0.2) is 0 Å². The molecule has 0 bridgehead atoms. The van der Waals surface area contributed by atoms with E-state index in [0.29, 0.717) is 31.5 Å². The van der Waals surface area contributed by atoms with Crippen molar-refractivity contribution in [3.05, 3.63) is 0 Å². The maximum Gasteiger partial charge on any atom is 0.222 e. The minimum absolute atomic E-state index is 0.202. The number of hydrogen-bond acceptors (Lipinski definition) is 3. The van der Waals surface area contributed by atoms with Crippen molar-refractivity contribution in [1.29, 1.82) is 0 Å². The number of carbonyl (C=O) groups excluding carboxylic acids is 1. The van der Waals surface area contributed by atoms with Crippen molar-refractivity contribution in [2.45, 2.75) is 40.2 Å². The zero-order valence-electron chi connectivity index (χ0n) is 12.9. The standard InChI is InChI=1S/C14H30N2O2/c1-12(2)11-14(17)16(6)8-10-18-9-7-15(5)13(3)4/h12-13H,7-11H2,1-6H3. The monoisotopic (exact) mass is 258 g/mol. The summed E-state index contributed by atoms with van der Waals surface area (Å²) in [5.74, 6) is 0.619. The zero-order valence-corrected chi connectivity index (χ0v) is 12.9. The van der Waals surface area contributed by atoms with Crippen LogP contribution in [0.1, 0.15) is 34.1 Å². The van der Waals surface area contributed by atoms with E-state index in [4.69, 9.17) is 4.74 Å². The summed E-state index contributed by atoms with van der Waals surface area (Å²) in [6.45, 7) is 11.4. The third-order valence-electron chi connectivity index (χ3n) is 3.05. The molecule has 0 unspecified atom stereocenters. The number of ether oxygens (including phenoxy) is 1. The number of hydrogen-bond donors (Lipinski definition) is 0. The highest BCUT2D eigenvalue weighted by Gasteiger charge is 2.10. The molecule has 0 N–H and O–H groups in total. The molecule has 0 heterocycles. The molecule has 0 saturated heterocycles. The van der Waals surface area contributed by atoms with Crippen LogP contribution in [0.25, 0.3) is 0 Å². The van der Waals surface area contributed by atoms with Crippen molar-refractivity contribution >= 4 is 5.91 Å². The molecular formula is C14H30N2O2. The van der Waals surface area contributed by atoms with E-state index < -0.39 is 0 Å². The number of likely N-dealkylation sites (N-methyl/N-ethyl adjacent to an activating group) is 2. The molecule has 18 heavy (non-hydrogen) atoms. The second-order valence-electron chi connectivity index (χ2n) is 5.60. The second-order valence-corrected chi connectivity index (χ2v) is 5.60. The lowest BCUT2D eigenvalue weighted by Gasteiger charge is -2.21. The van der Waals surface area contributed by atoms with E-state index in [-0.39, 0.29) is 5.91 Å². The number of amides is 1. The van der Waals surface area contributed by atoms with Gasteiger partial charge in [0.25, 0.3) is 0 Å². The van der Waals surface area contributed by atoms with Crippen molar-refractivity contribution in [2.24, 2.45) is 5.92 Å². The minimum Gasteiger partial charge on any atom is -0.378 e.